The number of nitriles is 1. The fraction of sp³-hybridized carbons (Fsp3) is 0.619. The molecular weight excluding hydrogens is 310 g/mol. The molecule has 1 amide bonds. The molecule has 2 N–H and O–H groups in total. The van der Waals surface area contributed by atoms with Crippen LogP contribution in [-0.2, 0) is 4.79 Å². The van der Waals surface area contributed by atoms with Crippen molar-refractivity contribution >= 4 is 5.91 Å². The van der Waals surface area contributed by atoms with Crippen LogP contribution >= 0.6 is 0 Å². The molecule has 4 nitrogen and oxygen atoms in total. The van der Waals surface area contributed by atoms with E-state index in [4.69, 9.17) is 5.26 Å². The highest BCUT2D eigenvalue weighted by molar-refractivity contribution is 5.78. The Morgan fingerprint density at radius 1 is 1.20 bits per heavy atom. The Kier molecular flexibility index (Phi) is 7.94. The number of carbonyl (C=O) groups excluding carboxylic acids is 1. The van der Waals surface area contributed by atoms with Gasteiger partial charge in [0.1, 0.15) is 0 Å². The number of benzene rings is 1. The van der Waals surface area contributed by atoms with E-state index >= 15 is 0 Å². The van der Waals surface area contributed by atoms with Crippen LogP contribution in [0.25, 0.3) is 0 Å². The van der Waals surface area contributed by atoms with Crippen LogP contribution in [0.3, 0.4) is 0 Å². The van der Waals surface area contributed by atoms with Crippen LogP contribution in [0.15, 0.2) is 24.3 Å². The summed E-state index contributed by atoms with van der Waals surface area (Å²) in [6.45, 7) is 5.03. The van der Waals surface area contributed by atoms with Crippen molar-refractivity contribution in [3.63, 3.8) is 0 Å². The average molecular weight is 341 g/mol. The van der Waals surface area contributed by atoms with Crippen LogP contribution in [0.2, 0.25) is 0 Å². The van der Waals surface area contributed by atoms with E-state index in [-0.39, 0.29) is 18.5 Å². The highest BCUT2D eigenvalue weighted by Crippen LogP contribution is 2.33. The molecule has 1 saturated carbocycles. The zero-order valence-corrected chi connectivity index (χ0v) is 15.6. The van der Waals surface area contributed by atoms with E-state index in [0.717, 1.165) is 5.92 Å². The minimum atomic E-state index is -0.0558. The summed E-state index contributed by atoms with van der Waals surface area (Å²) in [5, 5.41) is 14.6. The molecule has 0 spiro atoms. The Hall–Kier alpha value is -1.86. The first-order valence-electron chi connectivity index (χ1n) is 9.58. The molecule has 0 heterocycles. The van der Waals surface area contributed by atoms with E-state index in [1.54, 1.807) is 0 Å². The van der Waals surface area contributed by atoms with Crippen LogP contribution in [0, 0.1) is 17.2 Å². The first-order chi connectivity index (χ1) is 12.1. The number of amides is 1. The van der Waals surface area contributed by atoms with Gasteiger partial charge in [0.2, 0.25) is 5.91 Å². The van der Waals surface area contributed by atoms with Gasteiger partial charge < -0.3 is 10.6 Å². The lowest BCUT2D eigenvalue weighted by Crippen LogP contribution is -2.37. The molecular formula is C21H31N3O. The summed E-state index contributed by atoms with van der Waals surface area (Å²) in [5.74, 6) is 1.06. The van der Waals surface area contributed by atoms with Gasteiger partial charge in [-0.1, -0.05) is 57.4 Å². The van der Waals surface area contributed by atoms with Crippen LogP contribution < -0.4 is 10.6 Å². The Morgan fingerprint density at radius 3 is 2.48 bits per heavy atom. The molecule has 0 saturated heterocycles. The first-order valence-corrected chi connectivity index (χ1v) is 9.58. The summed E-state index contributed by atoms with van der Waals surface area (Å²) in [5.41, 5.74) is 2.69. The number of hydrogen-bond donors (Lipinski definition) is 2. The maximum Gasteiger partial charge on any atom is 0.234 e. The quantitative estimate of drug-likeness (QED) is 0.701. The summed E-state index contributed by atoms with van der Waals surface area (Å²) in [4.78, 5) is 11.9. The van der Waals surface area contributed by atoms with Gasteiger partial charge in [-0.3, -0.25) is 4.79 Å². The molecule has 1 aliphatic rings. The van der Waals surface area contributed by atoms with Gasteiger partial charge in [0.25, 0.3) is 0 Å². The smallest absolute Gasteiger partial charge is 0.234 e. The topological polar surface area (TPSA) is 64.9 Å². The van der Waals surface area contributed by atoms with Crippen molar-refractivity contribution in [3.05, 3.63) is 35.4 Å². The first kappa shape index (κ1) is 19.5. The molecule has 136 valence electrons. The van der Waals surface area contributed by atoms with Crippen LogP contribution in [0.4, 0.5) is 0 Å². The number of rotatable bonds is 8. The van der Waals surface area contributed by atoms with E-state index in [1.165, 1.54) is 43.2 Å². The highest BCUT2D eigenvalue weighted by Gasteiger charge is 2.19. The molecule has 0 aliphatic heterocycles. The molecule has 1 fully saturated rings. The van der Waals surface area contributed by atoms with Gasteiger partial charge in [-0.25, -0.2) is 0 Å². The maximum absolute atomic E-state index is 11.9. The van der Waals surface area contributed by atoms with Gasteiger partial charge in [-0.15, -0.1) is 0 Å². The summed E-state index contributed by atoms with van der Waals surface area (Å²) in [6, 6.07) is 11.2. The van der Waals surface area contributed by atoms with E-state index in [9.17, 15) is 4.79 Å². The van der Waals surface area contributed by atoms with Gasteiger partial charge >= 0.3 is 0 Å². The lowest BCUT2D eigenvalue weighted by atomic mass is 9.83. The number of hydrogen-bond acceptors (Lipinski definition) is 3. The summed E-state index contributed by atoms with van der Waals surface area (Å²) in [7, 11) is 0. The fourth-order valence-corrected chi connectivity index (χ4v) is 3.67. The number of nitrogens with zero attached hydrogens (tertiary/aromatic N) is 1. The highest BCUT2D eigenvalue weighted by atomic mass is 16.1. The molecule has 0 bridgehead atoms. The van der Waals surface area contributed by atoms with Gasteiger partial charge in [0.15, 0.2) is 0 Å². The van der Waals surface area contributed by atoms with Gasteiger partial charge in [-0.05, 0) is 35.8 Å². The molecule has 0 aromatic heterocycles. The number of carbonyl (C=O) groups is 1. The molecule has 1 unspecified atom stereocenters. The maximum atomic E-state index is 11.9. The van der Waals surface area contributed by atoms with Gasteiger partial charge in [0.05, 0.1) is 19.0 Å². The molecule has 2 rings (SSSR count). The molecule has 0 radical (unpaired) electrons. The van der Waals surface area contributed by atoms with Crippen molar-refractivity contribution in [2.45, 2.75) is 64.3 Å². The molecule has 1 aromatic carbocycles. The molecule has 1 aromatic rings. The lowest BCUT2D eigenvalue weighted by Gasteiger charge is -2.25. The van der Waals surface area contributed by atoms with Crippen LogP contribution in [0.1, 0.15) is 75.5 Å². The second-order valence-corrected chi connectivity index (χ2v) is 7.36. The molecule has 1 aliphatic carbocycles. The second-order valence-electron chi connectivity index (χ2n) is 7.36. The minimum absolute atomic E-state index is 0.0558. The van der Waals surface area contributed by atoms with E-state index in [2.05, 4.69) is 48.7 Å². The Balaban J connectivity index is 1.92. The van der Waals surface area contributed by atoms with Crippen molar-refractivity contribution in [1.29, 1.82) is 5.26 Å². The van der Waals surface area contributed by atoms with E-state index in [0.29, 0.717) is 18.9 Å². The molecule has 25 heavy (non-hydrogen) atoms. The summed E-state index contributed by atoms with van der Waals surface area (Å²) < 4.78 is 0. The second kappa shape index (κ2) is 10.2. The Morgan fingerprint density at radius 2 is 1.88 bits per heavy atom. The zero-order chi connectivity index (χ0) is 18.1. The van der Waals surface area contributed by atoms with Crippen molar-refractivity contribution in [2.24, 2.45) is 5.92 Å². The monoisotopic (exact) mass is 341 g/mol. The standard InChI is InChI=1S/C21H31N3O/c1-16(2)21(24-15-20(25)23-14-6-13-22)19-11-9-18(10-12-19)17-7-4-3-5-8-17/h9-12,16-17,21,24H,3-8,14-15H2,1-2H3,(H,23,25). The Labute approximate surface area is 152 Å². The summed E-state index contributed by atoms with van der Waals surface area (Å²) >= 11 is 0. The molecule has 1 atom stereocenters. The average Bonchev–Trinajstić information content (AvgIpc) is 2.63. The third kappa shape index (κ3) is 6.17. The predicted molar refractivity (Wildman–Crippen MR) is 101 cm³/mol. The number of nitrogens with one attached hydrogen (secondary N) is 2. The SMILES string of the molecule is CC(C)C(NCC(=O)NCCC#N)c1ccc(C2CCCCC2)cc1. The van der Waals surface area contributed by atoms with Crippen LogP contribution in [-0.4, -0.2) is 19.0 Å². The largest absolute Gasteiger partial charge is 0.354 e. The Bertz CT molecular complexity index is 568. The predicted octanol–water partition coefficient (Wildman–Crippen LogP) is 4.05. The minimum Gasteiger partial charge on any atom is -0.354 e. The van der Waals surface area contributed by atoms with E-state index in [1.807, 2.05) is 6.07 Å². The third-order valence-corrected chi connectivity index (χ3v) is 5.08. The molecule has 4 heteroatoms. The normalized spacial score (nSPS) is 16.4. The summed E-state index contributed by atoms with van der Waals surface area (Å²) in [6.07, 6.45) is 7.06. The van der Waals surface area contributed by atoms with Gasteiger partial charge in [-0.2, -0.15) is 5.26 Å². The van der Waals surface area contributed by atoms with Crippen molar-refractivity contribution in [2.75, 3.05) is 13.1 Å². The lowest BCUT2D eigenvalue weighted by molar-refractivity contribution is -0.120. The van der Waals surface area contributed by atoms with Crippen molar-refractivity contribution < 1.29 is 4.79 Å². The third-order valence-electron chi connectivity index (χ3n) is 5.08. The zero-order valence-electron chi connectivity index (χ0n) is 15.6. The van der Waals surface area contributed by atoms with Crippen LogP contribution in [0.5, 0.6) is 0 Å². The fourth-order valence-electron chi connectivity index (χ4n) is 3.67. The van der Waals surface area contributed by atoms with Crippen molar-refractivity contribution in [3.8, 4) is 6.07 Å². The van der Waals surface area contributed by atoms with Crippen molar-refractivity contribution in [1.82, 2.24) is 10.6 Å². The van der Waals surface area contributed by atoms with E-state index < -0.39 is 0 Å². The van der Waals surface area contributed by atoms with Gasteiger partial charge in [0, 0.05) is 12.6 Å².